The molecular formula is C13H17Cl3N2O. The molecule has 0 saturated heterocycles. The fourth-order valence-electron chi connectivity index (χ4n) is 1.66. The smallest absolute Gasteiger partial charge is 0.251 e. The van der Waals surface area contributed by atoms with Crippen molar-refractivity contribution in [3.63, 3.8) is 0 Å². The predicted molar refractivity (Wildman–Crippen MR) is 83.1 cm³/mol. The minimum Gasteiger partial charge on any atom is -0.369 e. The minimum atomic E-state index is -0.117. The van der Waals surface area contributed by atoms with Gasteiger partial charge in [0.1, 0.15) is 0 Å². The predicted octanol–water partition coefficient (Wildman–Crippen LogP) is 2.94. The molecule has 0 bridgehead atoms. The van der Waals surface area contributed by atoms with Gasteiger partial charge in [0.25, 0.3) is 5.91 Å². The van der Waals surface area contributed by atoms with Gasteiger partial charge in [-0.25, -0.2) is 0 Å². The van der Waals surface area contributed by atoms with E-state index in [9.17, 15) is 4.79 Å². The van der Waals surface area contributed by atoms with Crippen molar-refractivity contribution in [2.75, 3.05) is 42.2 Å². The molecule has 1 rings (SSSR count). The van der Waals surface area contributed by atoms with E-state index < -0.39 is 0 Å². The first-order chi connectivity index (χ1) is 9.22. The quantitative estimate of drug-likeness (QED) is 0.746. The van der Waals surface area contributed by atoms with E-state index in [4.69, 9.17) is 34.8 Å². The lowest BCUT2D eigenvalue weighted by atomic mass is 10.2. The van der Waals surface area contributed by atoms with Gasteiger partial charge in [0.05, 0.1) is 0 Å². The number of hydrogen-bond acceptors (Lipinski definition) is 2. The summed E-state index contributed by atoms with van der Waals surface area (Å²) in [5.41, 5.74) is 1.63. The maximum Gasteiger partial charge on any atom is 0.251 e. The second-order valence-corrected chi connectivity index (χ2v) is 4.99. The Morgan fingerprint density at radius 2 is 1.58 bits per heavy atom. The van der Waals surface area contributed by atoms with Gasteiger partial charge in [0.15, 0.2) is 0 Å². The van der Waals surface area contributed by atoms with Crippen molar-refractivity contribution in [1.82, 2.24) is 5.32 Å². The molecule has 0 unspecified atom stereocenters. The van der Waals surface area contributed by atoms with Crippen LogP contribution in [-0.2, 0) is 0 Å². The maximum absolute atomic E-state index is 11.7. The van der Waals surface area contributed by atoms with Gasteiger partial charge in [0.2, 0.25) is 0 Å². The Bertz CT molecular complexity index is 378. The second-order valence-electron chi connectivity index (χ2n) is 3.86. The van der Waals surface area contributed by atoms with Crippen LogP contribution in [0.5, 0.6) is 0 Å². The number of rotatable bonds is 8. The summed E-state index contributed by atoms with van der Waals surface area (Å²) in [4.78, 5) is 13.8. The highest BCUT2D eigenvalue weighted by atomic mass is 35.5. The van der Waals surface area contributed by atoms with Crippen LogP contribution in [0.1, 0.15) is 10.4 Å². The number of amides is 1. The van der Waals surface area contributed by atoms with Gasteiger partial charge in [-0.05, 0) is 24.3 Å². The summed E-state index contributed by atoms with van der Waals surface area (Å²) in [5, 5.41) is 2.72. The van der Waals surface area contributed by atoms with Crippen LogP contribution in [-0.4, -0.2) is 43.2 Å². The Labute approximate surface area is 128 Å². The van der Waals surface area contributed by atoms with Crippen LogP contribution >= 0.6 is 34.8 Å². The number of carbonyl (C=O) groups is 1. The number of alkyl halides is 3. The van der Waals surface area contributed by atoms with Crippen molar-refractivity contribution in [3.8, 4) is 0 Å². The molecule has 1 amide bonds. The molecule has 0 saturated carbocycles. The Balaban J connectivity index is 2.70. The first-order valence-electron chi connectivity index (χ1n) is 6.04. The van der Waals surface area contributed by atoms with Gasteiger partial charge in [0, 0.05) is 48.5 Å². The van der Waals surface area contributed by atoms with Crippen LogP contribution in [0.15, 0.2) is 24.3 Å². The van der Waals surface area contributed by atoms with Crippen molar-refractivity contribution in [2.24, 2.45) is 0 Å². The summed E-state index contributed by atoms with van der Waals surface area (Å²) < 4.78 is 0. The highest BCUT2D eigenvalue weighted by molar-refractivity contribution is 6.18. The SMILES string of the molecule is O=C(NCCCl)c1ccc(N(CCCl)CCCl)cc1. The number of benzene rings is 1. The average molecular weight is 324 g/mol. The summed E-state index contributed by atoms with van der Waals surface area (Å²) in [5.74, 6) is 1.36. The van der Waals surface area contributed by atoms with Gasteiger partial charge in [-0.1, -0.05) is 0 Å². The van der Waals surface area contributed by atoms with Crippen LogP contribution in [0, 0.1) is 0 Å². The van der Waals surface area contributed by atoms with Gasteiger partial charge < -0.3 is 10.2 Å². The Hall–Kier alpha value is -0.640. The Kier molecular flexibility index (Phi) is 8.03. The molecule has 3 nitrogen and oxygen atoms in total. The standard InChI is InChI=1S/C13H17Cl3N2O/c14-5-8-17-13(19)11-1-3-12(4-2-11)18(9-6-15)10-7-16/h1-4H,5-10H2,(H,17,19). The number of carbonyl (C=O) groups excluding carboxylic acids is 1. The van der Waals surface area contributed by atoms with E-state index in [0.717, 1.165) is 18.8 Å². The van der Waals surface area contributed by atoms with E-state index in [1.165, 1.54) is 0 Å². The van der Waals surface area contributed by atoms with Crippen molar-refractivity contribution >= 4 is 46.4 Å². The molecule has 0 aromatic heterocycles. The molecule has 0 aliphatic rings. The van der Waals surface area contributed by atoms with E-state index >= 15 is 0 Å². The van der Waals surface area contributed by atoms with Crippen molar-refractivity contribution in [1.29, 1.82) is 0 Å². The van der Waals surface area contributed by atoms with Crippen LogP contribution in [0.2, 0.25) is 0 Å². The summed E-state index contributed by atoms with van der Waals surface area (Å²) in [6.45, 7) is 1.92. The lowest BCUT2D eigenvalue weighted by Gasteiger charge is -2.22. The first kappa shape index (κ1) is 16.4. The van der Waals surface area contributed by atoms with Crippen LogP contribution in [0.25, 0.3) is 0 Å². The normalized spacial score (nSPS) is 10.3. The van der Waals surface area contributed by atoms with Crippen LogP contribution in [0.3, 0.4) is 0 Å². The third-order valence-corrected chi connectivity index (χ3v) is 3.11. The molecule has 0 aliphatic carbocycles. The molecule has 0 atom stereocenters. The van der Waals surface area contributed by atoms with E-state index in [-0.39, 0.29) is 5.91 Å². The highest BCUT2D eigenvalue weighted by Gasteiger charge is 2.08. The summed E-state index contributed by atoms with van der Waals surface area (Å²) in [7, 11) is 0. The fraction of sp³-hybridized carbons (Fsp3) is 0.462. The molecule has 6 heteroatoms. The number of nitrogens with one attached hydrogen (secondary N) is 1. The van der Waals surface area contributed by atoms with E-state index in [1.807, 2.05) is 12.1 Å². The molecule has 0 aliphatic heterocycles. The van der Waals surface area contributed by atoms with Gasteiger partial charge >= 0.3 is 0 Å². The molecule has 0 spiro atoms. The van der Waals surface area contributed by atoms with Gasteiger partial charge in [-0.2, -0.15) is 0 Å². The van der Waals surface area contributed by atoms with E-state index in [1.54, 1.807) is 12.1 Å². The lowest BCUT2D eigenvalue weighted by molar-refractivity contribution is 0.0956. The lowest BCUT2D eigenvalue weighted by Crippen LogP contribution is -2.28. The third kappa shape index (κ3) is 5.47. The molecule has 0 fully saturated rings. The molecule has 1 aromatic rings. The Morgan fingerprint density at radius 3 is 2.05 bits per heavy atom. The zero-order chi connectivity index (χ0) is 14.1. The molecule has 19 heavy (non-hydrogen) atoms. The first-order valence-corrected chi connectivity index (χ1v) is 7.64. The highest BCUT2D eigenvalue weighted by Crippen LogP contribution is 2.15. The van der Waals surface area contributed by atoms with Gasteiger partial charge in [-0.3, -0.25) is 4.79 Å². The molecule has 1 N–H and O–H groups in total. The van der Waals surface area contributed by atoms with Crippen molar-refractivity contribution in [3.05, 3.63) is 29.8 Å². The third-order valence-electron chi connectivity index (χ3n) is 2.58. The monoisotopic (exact) mass is 322 g/mol. The summed E-state index contributed by atoms with van der Waals surface area (Å²) in [6.07, 6.45) is 0. The number of anilines is 1. The number of hydrogen-bond donors (Lipinski definition) is 1. The van der Waals surface area contributed by atoms with Crippen molar-refractivity contribution in [2.45, 2.75) is 0 Å². The second kappa shape index (κ2) is 9.29. The molecule has 0 radical (unpaired) electrons. The molecular weight excluding hydrogens is 307 g/mol. The number of halogens is 3. The molecule has 0 heterocycles. The molecule has 1 aromatic carbocycles. The van der Waals surface area contributed by atoms with Crippen LogP contribution in [0.4, 0.5) is 5.69 Å². The van der Waals surface area contributed by atoms with Gasteiger partial charge in [-0.15, -0.1) is 34.8 Å². The van der Waals surface area contributed by atoms with E-state index in [2.05, 4.69) is 10.2 Å². The Morgan fingerprint density at radius 1 is 1.00 bits per heavy atom. The molecule has 106 valence electrons. The summed E-state index contributed by atoms with van der Waals surface area (Å²) in [6, 6.07) is 7.37. The zero-order valence-electron chi connectivity index (χ0n) is 10.5. The topological polar surface area (TPSA) is 32.3 Å². The zero-order valence-corrected chi connectivity index (χ0v) is 12.8. The maximum atomic E-state index is 11.7. The van der Waals surface area contributed by atoms with E-state index in [0.29, 0.717) is 29.7 Å². The fourth-order valence-corrected chi connectivity index (χ4v) is 2.16. The van der Waals surface area contributed by atoms with Crippen molar-refractivity contribution < 1.29 is 4.79 Å². The largest absolute Gasteiger partial charge is 0.369 e. The minimum absolute atomic E-state index is 0.117. The average Bonchev–Trinajstić information content (AvgIpc) is 2.44. The number of nitrogens with zero attached hydrogens (tertiary/aromatic N) is 1. The summed E-state index contributed by atoms with van der Waals surface area (Å²) >= 11 is 17.0. The van der Waals surface area contributed by atoms with Crippen LogP contribution < -0.4 is 10.2 Å².